The van der Waals surface area contributed by atoms with Crippen LogP contribution in [0.2, 0.25) is 10.0 Å². The van der Waals surface area contributed by atoms with E-state index in [4.69, 9.17) is 27.6 Å². The van der Waals surface area contributed by atoms with Crippen molar-refractivity contribution < 1.29 is 9.34 Å². The molecule has 3 N–H and O–H groups in total. The van der Waals surface area contributed by atoms with E-state index in [9.17, 15) is 10.1 Å². The van der Waals surface area contributed by atoms with Crippen molar-refractivity contribution in [2.24, 2.45) is 5.10 Å². The molecule has 0 unspecified atom stereocenters. The van der Waals surface area contributed by atoms with Gasteiger partial charge in [0.25, 0.3) is 5.69 Å². The molecule has 0 aliphatic heterocycles. The van der Waals surface area contributed by atoms with Crippen LogP contribution in [0, 0.1) is 24.0 Å². The monoisotopic (exact) mass is 588 g/mol. The molecule has 0 aliphatic carbocycles. The molecule has 5 rings (SSSR count). The molecule has 0 spiro atoms. The van der Waals surface area contributed by atoms with E-state index >= 15 is 0 Å². The maximum Gasteiger partial charge on any atom is 0.269 e. The largest absolute Gasteiger partial charge is 0.455 e. The molecular weight excluding hydrogens is 567 g/mol. The van der Waals surface area contributed by atoms with E-state index in [0.717, 1.165) is 22.4 Å². The average molecular weight is 589 g/mol. The number of hydrogen-bond acceptors (Lipinski definition) is 10. The van der Waals surface area contributed by atoms with Gasteiger partial charge in [-0.25, -0.2) is 5.43 Å². The van der Waals surface area contributed by atoms with Crippen molar-refractivity contribution >= 4 is 64.3 Å². The predicted molar refractivity (Wildman–Crippen MR) is 161 cm³/mol. The Morgan fingerprint density at radius 3 is 2.17 bits per heavy atom. The van der Waals surface area contributed by atoms with Crippen LogP contribution in [0.25, 0.3) is 11.3 Å². The first-order chi connectivity index (χ1) is 19.7. The number of hydrazone groups is 1. The molecule has 0 saturated heterocycles. The number of nitro groups is 1. The van der Waals surface area contributed by atoms with Gasteiger partial charge in [-0.1, -0.05) is 29.3 Å². The fraction of sp³-hybridized carbons (Fsp3) is 0.0714. The third-order valence-corrected chi connectivity index (χ3v) is 6.66. The van der Waals surface area contributed by atoms with Crippen molar-refractivity contribution in [3.8, 4) is 11.3 Å². The van der Waals surface area contributed by atoms with E-state index in [1.807, 2.05) is 32.0 Å². The molecule has 11 nitrogen and oxygen atoms in total. The minimum absolute atomic E-state index is 0.0276. The lowest BCUT2D eigenvalue weighted by Crippen LogP contribution is -2.07. The molecule has 0 aliphatic rings. The van der Waals surface area contributed by atoms with Gasteiger partial charge in [-0.3, -0.25) is 10.1 Å². The number of non-ortho nitro benzene ring substituents is 1. The number of furan rings is 1. The second kappa shape index (κ2) is 12.0. The molecule has 0 fully saturated rings. The summed E-state index contributed by atoms with van der Waals surface area (Å²) in [5.74, 6) is 1.66. The average Bonchev–Trinajstić information content (AvgIpc) is 3.41. The van der Waals surface area contributed by atoms with Crippen LogP contribution in [0.3, 0.4) is 0 Å². The number of benzene rings is 3. The highest BCUT2D eigenvalue weighted by atomic mass is 35.5. The topological polar surface area (TPSA) is 143 Å². The zero-order valence-corrected chi connectivity index (χ0v) is 23.2. The molecule has 13 heteroatoms. The molecule has 0 bridgehead atoms. The maximum atomic E-state index is 11.0. The van der Waals surface area contributed by atoms with E-state index in [1.165, 1.54) is 18.3 Å². The second-order valence-electron chi connectivity index (χ2n) is 8.86. The third kappa shape index (κ3) is 6.96. The Morgan fingerprint density at radius 2 is 1.49 bits per heavy atom. The van der Waals surface area contributed by atoms with Crippen LogP contribution in [-0.4, -0.2) is 26.1 Å². The van der Waals surface area contributed by atoms with Crippen LogP contribution >= 0.6 is 23.2 Å². The van der Waals surface area contributed by atoms with Crippen molar-refractivity contribution in [1.82, 2.24) is 15.0 Å². The highest BCUT2D eigenvalue weighted by Gasteiger charge is 2.11. The smallest absolute Gasteiger partial charge is 0.269 e. The van der Waals surface area contributed by atoms with Gasteiger partial charge in [0.15, 0.2) is 0 Å². The summed E-state index contributed by atoms with van der Waals surface area (Å²) in [6.07, 6.45) is 1.48. The number of hydrogen-bond donors (Lipinski definition) is 3. The van der Waals surface area contributed by atoms with Gasteiger partial charge in [-0.2, -0.15) is 20.1 Å². The van der Waals surface area contributed by atoms with E-state index in [2.05, 4.69) is 36.1 Å². The fourth-order valence-corrected chi connectivity index (χ4v) is 3.96. The van der Waals surface area contributed by atoms with Gasteiger partial charge in [-0.15, -0.1) is 0 Å². The molecule has 0 saturated carbocycles. The Balaban J connectivity index is 1.37. The molecule has 5 aromatic rings. The van der Waals surface area contributed by atoms with Gasteiger partial charge in [0, 0.05) is 29.1 Å². The van der Waals surface area contributed by atoms with Gasteiger partial charge in [0.2, 0.25) is 17.8 Å². The minimum Gasteiger partial charge on any atom is -0.455 e. The number of nitrogens with zero attached hydrogens (tertiary/aromatic N) is 5. The maximum absolute atomic E-state index is 11.0. The zero-order chi connectivity index (χ0) is 28.9. The standard InChI is InChI=1S/C28H22Cl2N8O3/c1-16-3-5-20(13-17(16)2)33-27-34-26(32-19-6-8-21(9-7-19)38(39)40)35-28(36-27)37-31-15-22-10-12-25(41-22)18-4-11-23(29)24(30)14-18/h3-15H,1-2H3,(H3,32,33,34,35,36,37)/b31-15+. The van der Waals surface area contributed by atoms with E-state index < -0.39 is 4.92 Å². The lowest BCUT2D eigenvalue weighted by atomic mass is 10.1. The Morgan fingerprint density at radius 1 is 0.805 bits per heavy atom. The molecule has 0 atom stereocenters. The number of aromatic nitrogens is 3. The lowest BCUT2D eigenvalue weighted by Gasteiger charge is -2.11. The quantitative estimate of drug-likeness (QED) is 0.0888. The van der Waals surface area contributed by atoms with E-state index in [1.54, 1.807) is 42.5 Å². The first kappa shape index (κ1) is 27.6. The summed E-state index contributed by atoms with van der Waals surface area (Å²) < 4.78 is 5.84. The van der Waals surface area contributed by atoms with Gasteiger partial charge >= 0.3 is 0 Å². The molecule has 2 aromatic heterocycles. The Labute approximate surface area is 244 Å². The van der Waals surface area contributed by atoms with E-state index in [0.29, 0.717) is 27.3 Å². The van der Waals surface area contributed by atoms with Gasteiger partial charge in [0.1, 0.15) is 11.5 Å². The highest BCUT2D eigenvalue weighted by molar-refractivity contribution is 6.42. The Hall–Kier alpha value is -5.00. The van der Waals surface area contributed by atoms with E-state index in [-0.39, 0.29) is 23.5 Å². The van der Waals surface area contributed by atoms with Crippen molar-refractivity contribution in [2.75, 3.05) is 16.1 Å². The summed E-state index contributed by atoms with van der Waals surface area (Å²) in [5.41, 5.74) is 7.15. The molecular formula is C28H22Cl2N8O3. The first-order valence-corrected chi connectivity index (χ1v) is 13.0. The molecule has 41 heavy (non-hydrogen) atoms. The third-order valence-electron chi connectivity index (χ3n) is 5.92. The summed E-state index contributed by atoms with van der Waals surface area (Å²) in [6, 6.07) is 20.6. The number of rotatable bonds is 9. The van der Waals surface area contributed by atoms with Gasteiger partial charge in [0.05, 0.1) is 21.2 Å². The normalized spacial score (nSPS) is 11.0. The number of aryl methyl sites for hydroxylation is 2. The van der Waals surface area contributed by atoms with Crippen LogP contribution in [-0.2, 0) is 0 Å². The van der Waals surface area contributed by atoms with Gasteiger partial charge < -0.3 is 15.1 Å². The van der Waals surface area contributed by atoms with Crippen molar-refractivity contribution in [1.29, 1.82) is 0 Å². The number of nitro benzene ring substituents is 1. The molecule has 206 valence electrons. The predicted octanol–water partition coefficient (Wildman–Crippen LogP) is 7.90. The summed E-state index contributed by atoms with van der Waals surface area (Å²) in [6.45, 7) is 4.04. The van der Waals surface area contributed by atoms with Gasteiger partial charge in [-0.05, 0) is 79.6 Å². The van der Waals surface area contributed by atoms with Crippen molar-refractivity contribution in [2.45, 2.75) is 13.8 Å². The Kier molecular flexibility index (Phi) is 8.09. The van der Waals surface area contributed by atoms with Crippen LogP contribution in [0.4, 0.5) is 34.9 Å². The summed E-state index contributed by atoms with van der Waals surface area (Å²) >= 11 is 12.1. The number of halogens is 2. The van der Waals surface area contributed by atoms with Crippen molar-refractivity contribution in [3.05, 3.63) is 110 Å². The van der Waals surface area contributed by atoms with Crippen LogP contribution in [0.15, 0.2) is 82.3 Å². The Bertz CT molecular complexity index is 1760. The van der Waals surface area contributed by atoms with Crippen LogP contribution < -0.4 is 16.1 Å². The van der Waals surface area contributed by atoms with Crippen LogP contribution in [0.5, 0.6) is 0 Å². The molecule has 2 heterocycles. The molecule has 0 amide bonds. The first-order valence-electron chi connectivity index (χ1n) is 12.2. The summed E-state index contributed by atoms with van der Waals surface area (Å²) in [7, 11) is 0. The van der Waals surface area contributed by atoms with Crippen molar-refractivity contribution in [3.63, 3.8) is 0 Å². The number of anilines is 5. The zero-order valence-electron chi connectivity index (χ0n) is 21.7. The second-order valence-corrected chi connectivity index (χ2v) is 9.67. The van der Waals surface area contributed by atoms with Crippen LogP contribution in [0.1, 0.15) is 16.9 Å². The SMILES string of the molecule is Cc1ccc(Nc2nc(N/N=C/c3ccc(-c4ccc(Cl)c(Cl)c4)o3)nc(Nc3ccc([N+](=O)[O-])cc3)n2)cc1C. The minimum atomic E-state index is -0.467. The lowest BCUT2D eigenvalue weighted by molar-refractivity contribution is -0.384. The highest BCUT2D eigenvalue weighted by Crippen LogP contribution is 2.29. The number of nitrogens with one attached hydrogen (secondary N) is 3. The fourth-order valence-electron chi connectivity index (χ4n) is 3.66. The molecule has 0 radical (unpaired) electrons. The molecule has 3 aromatic carbocycles. The summed E-state index contributed by atoms with van der Waals surface area (Å²) in [4.78, 5) is 23.7. The summed E-state index contributed by atoms with van der Waals surface area (Å²) in [5, 5.41) is 22.3.